The highest BCUT2D eigenvalue weighted by Gasteiger charge is 2.18. The Morgan fingerprint density at radius 3 is 2.59 bits per heavy atom. The molecule has 2 heterocycles. The Kier molecular flexibility index (Phi) is 5.44. The van der Waals surface area contributed by atoms with Crippen LogP contribution in [0.1, 0.15) is 5.56 Å². The molecule has 0 saturated heterocycles. The van der Waals surface area contributed by atoms with Gasteiger partial charge in [-0.1, -0.05) is 23.9 Å². The minimum Gasteiger partial charge on any atom is -0.497 e. The van der Waals surface area contributed by atoms with E-state index < -0.39 is 10.0 Å². The zero-order chi connectivity index (χ0) is 20.4. The Labute approximate surface area is 177 Å². The van der Waals surface area contributed by atoms with E-state index in [2.05, 4.69) is 14.7 Å². The van der Waals surface area contributed by atoms with Crippen molar-refractivity contribution >= 4 is 49.0 Å². The Hall–Kier alpha value is -2.62. The number of hydrogen-bond acceptors (Lipinski definition) is 7. The molecule has 0 unspecified atom stereocenters. The molecule has 4 aromatic rings. The van der Waals surface area contributed by atoms with Crippen molar-refractivity contribution in [3.05, 3.63) is 65.8 Å². The molecule has 0 aliphatic carbocycles. The first kappa shape index (κ1) is 19.7. The molecule has 1 N–H and O–H groups in total. The monoisotopic (exact) mass is 443 g/mol. The van der Waals surface area contributed by atoms with Gasteiger partial charge in [-0.25, -0.2) is 18.4 Å². The van der Waals surface area contributed by atoms with Gasteiger partial charge in [0.2, 0.25) is 0 Å². The van der Waals surface area contributed by atoms with Gasteiger partial charge < -0.3 is 4.74 Å². The lowest BCUT2D eigenvalue weighted by Gasteiger charge is -2.13. The fraction of sp³-hybridized carbons (Fsp3) is 0.100. The number of ether oxygens (including phenoxy) is 1. The third-order valence-corrected chi connectivity index (χ3v) is 7.69. The molecule has 6 nitrogen and oxygen atoms in total. The lowest BCUT2D eigenvalue weighted by molar-refractivity contribution is 0.414. The number of fused-ring (bicyclic) bond motifs is 1. The number of anilines is 1. The fourth-order valence-corrected chi connectivity index (χ4v) is 5.91. The number of nitrogens with zero attached hydrogens (tertiary/aromatic N) is 2. The van der Waals surface area contributed by atoms with E-state index in [4.69, 9.17) is 4.74 Å². The summed E-state index contributed by atoms with van der Waals surface area (Å²) in [7, 11) is -2.21. The smallest absolute Gasteiger partial charge is 0.261 e. The summed E-state index contributed by atoms with van der Waals surface area (Å²) < 4.78 is 33.5. The molecule has 0 amide bonds. The zero-order valence-corrected chi connectivity index (χ0v) is 18.1. The second-order valence-corrected chi connectivity index (χ2v) is 9.73. The van der Waals surface area contributed by atoms with Gasteiger partial charge in [-0.15, -0.1) is 11.3 Å². The molecule has 0 atom stereocenters. The van der Waals surface area contributed by atoms with Gasteiger partial charge in [-0.3, -0.25) is 4.72 Å². The van der Waals surface area contributed by atoms with E-state index in [1.165, 1.54) is 37.3 Å². The molecule has 4 rings (SSSR count). The summed E-state index contributed by atoms with van der Waals surface area (Å²) in [6.07, 6.45) is 1.53. The molecule has 0 aliphatic heterocycles. The minimum atomic E-state index is -3.74. The molecule has 29 heavy (non-hydrogen) atoms. The first-order valence-electron chi connectivity index (χ1n) is 8.60. The highest BCUT2D eigenvalue weighted by atomic mass is 32.2. The van der Waals surface area contributed by atoms with E-state index in [0.717, 1.165) is 25.7 Å². The van der Waals surface area contributed by atoms with Gasteiger partial charge in [0.15, 0.2) is 0 Å². The van der Waals surface area contributed by atoms with Crippen LogP contribution in [0.5, 0.6) is 5.75 Å². The molecule has 0 fully saturated rings. The maximum atomic E-state index is 12.8. The number of aromatic nitrogens is 2. The van der Waals surface area contributed by atoms with Crippen molar-refractivity contribution in [1.29, 1.82) is 0 Å². The van der Waals surface area contributed by atoms with E-state index in [9.17, 15) is 8.42 Å². The van der Waals surface area contributed by atoms with E-state index in [0.29, 0.717) is 11.4 Å². The topological polar surface area (TPSA) is 81.2 Å². The molecular formula is C20H17N3O3S3. The molecule has 0 bridgehead atoms. The van der Waals surface area contributed by atoms with Crippen LogP contribution < -0.4 is 9.46 Å². The van der Waals surface area contributed by atoms with Crippen LogP contribution in [-0.2, 0) is 10.0 Å². The molecule has 0 saturated carbocycles. The van der Waals surface area contributed by atoms with Crippen molar-refractivity contribution in [1.82, 2.24) is 9.97 Å². The van der Waals surface area contributed by atoms with E-state index in [1.54, 1.807) is 35.6 Å². The van der Waals surface area contributed by atoms with Gasteiger partial charge in [-0.05, 0) is 54.3 Å². The second-order valence-electron chi connectivity index (χ2n) is 6.16. The van der Waals surface area contributed by atoms with Crippen molar-refractivity contribution in [3.63, 3.8) is 0 Å². The van der Waals surface area contributed by atoms with Crippen molar-refractivity contribution in [2.45, 2.75) is 21.7 Å². The summed E-state index contributed by atoms with van der Waals surface area (Å²) in [6.45, 7) is 2.02. The van der Waals surface area contributed by atoms with Crippen LogP contribution in [0.4, 0.5) is 5.69 Å². The highest BCUT2D eigenvalue weighted by Crippen LogP contribution is 2.38. The van der Waals surface area contributed by atoms with Crippen LogP contribution in [0.3, 0.4) is 0 Å². The number of nitrogens with one attached hydrogen (secondary N) is 1. The first-order chi connectivity index (χ1) is 14.0. The highest BCUT2D eigenvalue weighted by molar-refractivity contribution is 7.99. The van der Waals surface area contributed by atoms with Crippen LogP contribution in [0.15, 0.2) is 75.1 Å². The number of methoxy groups -OCH3 is 1. The van der Waals surface area contributed by atoms with Crippen LogP contribution >= 0.6 is 23.1 Å². The minimum absolute atomic E-state index is 0.163. The molecule has 0 spiro atoms. The SMILES string of the molecule is COc1ccc(S(=O)(=O)Nc2ccccc2Sc2ncnc3scc(C)c23)cc1. The molecule has 0 radical (unpaired) electrons. The van der Waals surface area contributed by atoms with Crippen LogP contribution in [0.25, 0.3) is 10.2 Å². The lowest BCUT2D eigenvalue weighted by Crippen LogP contribution is -2.13. The van der Waals surface area contributed by atoms with Gasteiger partial charge in [0.05, 0.1) is 17.7 Å². The second kappa shape index (κ2) is 8.02. The fourth-order valence-electron chi connectivity index (χ4n) is 2.76. The van der Waals surface area contributed by atoms with Crippen molar-refractivity contribution in [2.75, 3.05) is 11.8 Å². The Bertz CT molecular complexity index is 1270. The standard InChI is InChI=1S/C20H17N3O3S3/c1-13-11-27-19-18(13)20(22-12-21-19)28-17-6-4-3-5-16(17)23-29(24,25)15-9-7-14(26-2)8-10-15/h3-12,23H,1-2H3. The Morgan fingerprint density at radius 2 is 1.83 bits per heavy atom. The Balaban J connectivity index is 1.67. The number of sulfonamides is 1. The van der Waals surface area contributed by atoms with Gasteiger partial charge in [0.1, 0.15) is 21.9 Å². The van der Waals surface area contributed by atoms with Crippen molar-refractivity contribution in [2.24, 2.45) is 0 Å². The van der Waals surface area contributed by atoms with Crippen LogP contribution in [0.2, 0.25) is 0 Å². The molecule has 0 aliphatic rings. The van der Waals surface area contributed by atoms with Gasteiger partial charge in [-0.2, -0.15) is 0 Å². The van der Waals surface area contributed by atoms with Gasteiger partial charge in [0.25, 0.3) is 10.0 Å². The number of rotatable bonds is 6. The van der Waals surface area contributed by atoms with E-state index in [-0.39, 0.29) is 4.90 Å². The molecule has 2 aromatic heterocycles. The summed E-state index contributed by atoms with van der Waals surface area (Å²) in [4.78, 5) is 10.6. The predicted octanol–water partition coefficient (Wildman–Crippen LogP) is 4.96. The first-order valence-corrected chi connectivity index (χ1v) is 11.8. The molecular weight excluding hydrogens is 426 g/mol. The number of hydrogen-bond donors (Lipinski definition) is 1. The Morgan fingerprint density at radius 1 is 1.07 bits per heavy atom. The average molecular weight is 444 g/mol. The lowest BCUT2D eigenvalue weighted by atomic mass is 10.3. The van der Waals surface area contributed by atoms with Gasteiger partial charge in [0, 0.05) is 10.3 Å². The van der Waals surface area contributed by atoms with Crippen molar-refractivity contribution in [3.8, 4) is 5.75 Å². The third-order valence-electron chi connectivity index (χ3n) is 4.23. The largest absolute Gasteiger partial charge is 0.497 e. The van der Waals surface area contributed by atoms with Crippen molar-refractivity contribution < 1.29 is 13.2 Å². The molecule has 148 valence electrons. The summed E-state index contributed by atoms with van der Waals surface area (Å²) >= 11 is 2.98. The summed E-state index contributed by atoms with van der Waals surface area (Å²) in [6, 6.07) is 13.5. The maximum Gasteiger partial charge on any atom is 0.261 e. The number of thiophene rings is 1. The molecule has 9 heteroatoms. The summed E-state index contributed by atoms with van der Waals surface area (Å²) in [5.74, 6) is 0.596. The normalized spacial score (nSPS) is 11.5. The molecule has 2 aromatic carbocycles. The number of para-hydroxylation sites is 1. The van der Waals surface area contributed by atoms with Gasteiger partial charge >= 0.3 is 0 Å². The maximum absolute atomic E-state index is 12.8. The van der Waals surface area contributed by atoms with Crippen LogP contribution in [-0.4, -0.2) is 25.5 Å². The number of benzene rings is 2. The average Bonchev–Trinajstić information content (AvgIpc) is 3.11. The third kappa shape index (κ3) is 4.07. The quantitative estimate of drug-likeness (QED) is 0.424. The van der Waals surface area contributed by atoms with Crippen LogP contribution in [0, 0.1) is 6.92 Å². The number of aryl methyl sites for hydroxylation is 1. The summed E-state index contributed by atoms with van der Waals surface area (Å²) in [5, 5.41) is 3.84. The summed E-state index contributed by atoms with van der Waals surface area (Å²) in [5.41, 5.74) is 1.59. The zero-order valence-electron chi connectivity index (χ0n) is 15.6. The van der Waals surface area contributed by atoms with E-state index >= 15 is 0 Å². The predicted molar refractivity (Wildman–Crippen MR) is 117 cm³/mol. The van der Waals surface area contributed by atoms with E-state index in [1.807, 2.05) is 24.4 Å².